The van der Waals surface area contributed by atoms with Crippen molar-refractivity contribution >= 4 is 28.5 Å². The number of hydrogen-bond acceptors (Lipinski definition) is 2. The number of hydrogen-bond donors (Lipinski definition) is 0. The molecule has 0 spiro atoms. The molecule has 2 rings (SSSR count). The lowest BCUT2D eigenvalue weighted by Crippen LogP contribution is -2.37. The molecule has 1 aromatic rings. The van der Waals surface area contributed by atoms with Crippen LogP contribution < -0.4 is 0 Å². The second-order valence-corrected chi connectivity index (χ2v) is 6.11. The summed E-state index contributed by atoms with van der Waals surface area (Å²) in [5, 5.41) is 0. The van der Waals surface area contributed by atoms with Crippen LogP contribution in [0.25, 0.3) is 0 Å². The minimum absolute atomic E-state index is 0.0631. The first-order chi connectivity index (χ1) is 7.42. The highest BCUT2D eigenvalue weighted by Crippen LogP contribution is 2.37. The maximum Gasteiger partial charge on any atom is 0.231 e. The van der Waals surface area contributed by atoms with Crippen LogP contribution in [0.4, 0.5) is 0 Å². The quantitative estimate of drug-likeness (QED) is 0.741. The molecule has 0 saturated carbocycles. The lowest BCUT2D eigenvalue weighted by Gasteiger charge is -2.26. The number of amides is 1. The van der Waals surface area contributed by atoms with Crippen LogP contribution >= 0.6 is 22.6 Å². The molecule has 2 heterocycles. The lowest BCUT2D eigenvalue weighted by molar-refractivity contribution is -0.130. The zero-order chi connectivity index (χ0) is 11.9. The van der Waals surface area contributed by atoms with Crippen molar-refractivity contribution in [1.82, 2.24) is 9.88 Å². The smallest absolute Gasteiger partial charge is 0.231 e. The van der Waals surface area contributed by atoms with E-state index in [9.17, 15) is 4.79 Å². The largest absolute Gasteiger partial charge is 0.340 e. The van der Waals surface area contributed by atoms with Gasteiger partial charge in [-0.1, -0.05) is 0 Å². The number of pyridine rings is 1. The van der Waals surface area contributed by atoms with Gasteiger partial charge < -0.3 is 4.90 Å². The van der Waals surface area contributed by atoms with E-state index in [4.69, 9.17) is 0 Å². The lowest BCUT2D eigenvalue weighted by atomic mass is 9.94. The maximum atomic E-state index is 12.1. The summed E-state index contributed by atoms with van der Waals surface area (Å²) in [6, 6.07) is 3.96. The molecule has 3 nitrogen and oxygen atoms in total. The Balaban J connectivity index is 2.30. The molecule has 1 amide bonds. The number of halogens is 1. The second kappa shape index (κ2) is 3.98. The van der Waals surface area contributed by atoms with Crippen molar-refractivity contribution in [2.24, 2.45) is 0 Å². The van der Waals surface area contributed by atoms with E-state index in [1.807, 2.05) is 30.3 Å². The Morgan fingerprint density at radius 1 is 1.50 bits per heavy atom. The van der Waals surface area contributed by atoms with Crippen LogP contribution in [0.15, 0.2) is 18.3 Å². The van der Waals surface area contributed by atoms with Crippen LogP contribution in [-0.2, 0) is 4.79 Å². The number of likely N-dealkylation sites (tertiary alicyclic amines) is 1. The molecular weight excluding hydrogens is 315 g/mol. The van der Waals surface area contributed by atoms with Crippen molar-refractivity contribution in [2.75, 3.05) is 7.05 Å². The Bertz CT molecular complexity index is 414. The zero-order valence-electron chi connectivity index (χ0n) is 9.70. The first-order valence-corrected chi connectivity index (χ1v) is 6.39. The SMILES string of the molecule is CN1C(=O)C(c2ccc(I)cn2)CC1(C)C. The van der Waals surface area contributed by atoms with Gasteiger partial charge >= 0.3 is 0 Å². The summed E-state index contributed by atoms with van der Waals surface area (Å²) in [7, 11) is 1.87. The van der Waals surface area contributed by atoms with Gasteiger partial charge in [-0.05, 0) is 55.0 Å². The van der Waals surface area contributed by atoms with Crippen LogP contribution in [0.5, 0.6) is 0 Å². The highest BCUT2D eigenvalue weighted by Gasteiger charge is 2.43. The highest BCUT2D eigenvalue weighted by molar-refractivity contribution is 14.1. The van der Waals surface area contributed by atoms with E-state index < -0.39 is 0 Å². The summed E-state index contributed by atoms with van der Waals surface area (Å²) in [4.78, 5) is 18.3. The molecule has 86 valence electrons. The Labute approximate surface area is 109 Å². The summed E-state index contributed by atoms with van der Waals surface area (Å²) in [5.74, 6) is 0.107. The summed E-state index contributed by atoms with van der Waals surface area (Å²) >= 11 is 2.22. The Morgan fingerprint density at radius 3 is 2.62 bits per heavy atom. The summed E-state index contributed by atoms with van der Waals surface area (Å²) in [5.41, 5.74) is 0.828. The van der Waals surface area contributed by atoms with Gasteiger partial charge in [0.25, 0.3) is 0 Å². The average Bonchev–Trinajstić information content (AvgIpc) is 2.44. The summed E-state index contributed by atoms with van der Waals surface area (Å²) in [6.07, 6.45) is 2.66. The number of aromatic nitrogens is 1. The van der Waals surface area contributed by atoms with E-state index >= 15 is 0 Å². The third kappa shape index (κ3) is 1.95. The average molecular weight is 330 g/mol. The van der Waals surface area contributed by atoms with Gasteiger partial charge in [0.05, 0.1) is 11.6 Å². The first kappa shape index (κ1) is 11.8. The number of rotatable bonds is 1. The molecule has 0 N–H and O–H groups in total. The molecule has 1 aliphatic heterocycles. The van der Waals surface area contributed by atoms with Gasteiger partial charge in [-0.2, -0.15) is 0 Å². The van der Waals surface area contributed by atoms with Crippen LogP contribution in [-0.4, -0.2) is 28.4 Å². The van der Waals surface area contributed by atoms with E-state index in [1.54, 1.807) is 0 Å². The normalized spacial score (nSPS) is 23.9. The Hall–Kier alpha value is -0.650. The topological polar surface area (TPSA) is 33.2 Å². The number of carbonyl (C=O) groups excluding carboxylic acids is 1. The standard InChI is InChI=1S/C12H15IN2O/c1-12(2)6-9(11(16)15(12)3)10-5-4-8(13)7-14-10/h4-5,7,9H,6H2,1-3H3. The van der Waals surface area contributed by atoms with Crippen LogP contribution in [0.3, 0.4) is 0 Å². The molecule has 1 saturated heterocycles. The summed E-state index contributed by atoms with van der Waals surface area (Å²) < 4.78 is 1.10. The minimum Gasteiger partial charge on any atom is -0.340 e. The molecule has 1 aromatic heterocycles. The molecule has 16 heavy (non-hydrogen) atoms. The Kier molecular flexibility index (Phi) is 2.94. The third-order valence-corrected chi connectivity index (χ3v) is 3.99. The number of nitrogens with zero attached hydrogens (tertiary/aromatic N) is 2. The van der Waals surface area contributed by atoms with E-state index in [2.05, 4.69) is 41.4 Å². The first-order valence-electron chi connectivity index (χ1n) is 5.31. The number of carbonyl (C=O) groups is 1. The molecule has 0 aliphatic carbocycles. The molecule has 1 atom stereocenters. The van der Waals surface area contributed by atoms with Crippen molar-refractivity contribution in [3.05, 3.63) is 27.6 Å². The van der Waals surface area contributed by atoms with Crippen molar-refractivity contribution in [2.45, 2.75) is 31.7 Å². The predicted octanol–water partition coefficient (Wildman–Crippen LogP) is 2.41. The van der Waals surface area contributed by atoms with Gasteiger partial charge in [0.15, 0.2) is 0 Å². The summed E-state index contributed by atoms with van der Waals surface area (Å²) in [6.45, 7) is 4.19. The minimum atomic E-state index is -0.0722. The second-order valence-electron chi connectivity index (χ2n) is 4.87. The molecule has 0 bridgehead atoms. The zero-order valence-corrected chi connectivity index (χ0v) is 11.9. The molecule has 0 aromatic carbocycles. The molecule has 1 fully saturated rings. The molecule has 0 radical (unpaired) electrons. The number of likely N-dealkylation sites (N-methyl/N-ethyl adjacent to an activating group) is 1. The molecular formula is C12H15IN2O. The fourth-order valence-electron chi connectivity index (χ4n) is 2.08. The fraction of sp³-hybridized carbons (Fsp3) is 0.500. The maximum absolute atomic E-state index is 12.1. The predicted molar refractivity (Wildman–Crippen MR) is 71.2 cm³/mol. The highest BCUT2D eigenvalue weighted by atomic mass is 127. The van der Waals surface area contributed by atoms with E-state index in [0.29, 0.717) is 0 Å². The monoisotopic (exact) mass is 330 g/mol. The van der Waals surface area contributed by atoms with Gasteiger partial charge in [0, 0.05) is 22.4 Å². The van der Waals surface area contributed by atoms with Crippen LogP contribution in [0.1, 0.15) is 31.9 Å². The van der Waals surface area contributed by atoms with Crippen molar-refractivity contribution in [1.29, 1.82) is 0 Å². The molecule has 1 unspecified atom stereocenters. The van der Waals surface area contributed by atoms with Gasteiger partial charge in [-0.15, -0.1) is 0 Å². The fourth-order valence-corrected chi connectivity index (χ4v) is 2.40. The Morgan fingerprint density at radius 2 is 2.19 bits per heavy atom. The van der Waals surface area contributed by atoms with E-state index in [1.165, 1.54) is 0 Å². The molecule has 1 aliphatic rings. The van der Waals surface area contributed by atoms with Gasteiger partial charge in [-0.3, -0.25) is 9.78 Å². The van der Waals surface area contributed by atoms with Gasteiger partial charge in [-0.25, -0.2) is 0 Å². The van der Waals surface area contributed by atoms with Crippen molar-refractivity contribution in [3.63, 3.8) is 0 Å². The van der Waals surface area contributed by atoms with Crippen molar-refractivity contribution in [3.8, 4) is 0 Å². The van der Waals surface area contributed by atoms with E-state index in [0.717, 1.165) is 15.7 Å². The van der Waals surface area contributed by atoms with Gasteiger partial charge in [0.2, 0.25) is 5.91 Å². The van der Waals surface area contributed by atoms with E-state index in [-0.39, 0.29) is 17.4 Å². The van der Waals surface area contributed by atoms with Crippen LogP contribution in [0, 0.1) is 3.57 Å². The third-order valence-electron chi connectivity index (χ3n) is 3.35. The van der Waals surface area contributed by atoms with Crippen molar-refractivity contribution < 1.29 is 4.79 Å². The van der Waals surface area contributed by atoms with Crippen LogP contribution in [0.2, 0.25) is 0 Å². The van der Waals surface area contributed by atoms with Gasteiger partial charge in [0.1, 0.15) is 0 Å². The molecule has 4 heteroatoms.